The largest absolute Gasteiger partial charge is 0.457 e. The van der Waals surface area contributed by atoms with Crippen LogP contribution in [0.25, 0.3) is 11.3 Å². The van der Waals surface area contributed by atoms with Crippen LogP contribution in [0.2, 0.25) is 0 Å². The molecule has 2 heterocycles. The maximum absolute atomic E-state index is 11.6. The Morgan fingerprint density at radius 2 is 1.84 bits per heavy atom. The maximum Gasteiger partial charge on any atom is 0.317 e. The van der Waals surface area contributed by atoms with Crippen LogP contribution in [0.4, 0.5) is 4.79 Å². The zero-order chi connectivity index (χ0) is 22.2. The summed E-state index contributed by atoms with van der Waals surface area (Å²) in [6.45, 7) is 3.59. The lowest BCUT2D eigenvalue weighted by molar-refractivity contribution is 0.217. The van der Waals surface area contributed by atoms with Gasteiger partial charge in [0.15, 0.2) is 0 Å². The van der Waals surface area contributed by atoms with Crippen molar-refractivity contribution in [2.45, 2.75) is 6.54 Å². The molecular formula is C25H27N5O2. The molecule has 0 bridgehead atoms. The van der Waals surface area contributed by atoms with Crippen LogP contribution in [0, 0.1) is 0 Å². The van der Waals surface area contributed by atoms with Gasteiger partial charge in [-0.2, -0.15) is 0 Å². The van der Waals surface area contributed by atoms with Gasteiger partial charge in [-0.25, -0.2) is 4.79 Å². The molecule has 0 spiro atoms. The number of ether oxygens (including phenoxy) is 1. The van der Waals surface area contributed by atoms with E-state index in [0.29, 0.717) is 13.1 Å². The minimum Gasteiger partial charge on any atom is -0.457 e. The normalized spacial score (nSPS) is 13.5. The van der Waals surface area contributed by atoms with Crippen molar-refractivity contribution < 1.29 is 9.53 Å². The predicted molar refractivity (Wildman–Crippen MR) is 126 cm³/mol. The number of amides is 2. The molecule has 0 aliphatic carbocycles. The van der Waals surface area contributed by atoms with E-state index in [9.17, 15) is 4.79 Å². The van der Waals surface area contributed by atoms with Crippen LogP contribution in [0.5, 0.6) is 11.5 Å². The Hall–Kier alpha value is -3.71. The number of aliphatic imine (C=N–C) groups is 1. The molecule has 1 saturated heterocycles. The molecule has 0 saturated carbocycles. The fourth-order valence-electron chi connectivity index (χ4n) is 3.49. The Morgan fingerprint density at radius 1 is 1.09 bits per heavy atom. The van der Waals surface area contributed by atoms with Crippen molar-refractivity contribution in [3.05, 3.63) is 78.0 Å². The number of nitrogens with zero attached hydrogens (tertiary/aromatic N) is 3. The van der Waals surface area contributed by atoms with Gasteiger partial charge in [0.05, 0.1) is 11.4 Å². The smallest absolute Gasteiger partial charge is 0.317 e. The Labute approximate surface area is 188 Å². The fourth-order valence-corrected chi connectivity index (χ4v) is 3.49. The number of pyridine rings is 1. The second-order valence-electron chi connectivity index (χ2n) is 7.49. The molecule has 4 rings (SSSR count). The molecule has 2 aromatic carbocycles. The first-order valence-electron chi connectivity index (χ1n) is 10.7. The van der Waals surface area contributed by atoms with Crippen LogP contribution in [-0.4, -0.2) is 55.4 Å². The second kappa shape index (κ2) is 10.5. The second-order valence-corrected chi connectivity index (χ2v) is 7.49. The van der Waals surface area contributed by atoms with Crippen molar-refractivity contribution in [1.29, 1.82) is 0 Å². The van der Waals surface area contributed by atoms with E-state index in [4.69, 9.17) is 9.72 Å². The first-order valence-corrected chi connectivity index (χ1v) is 10.7. The van der Waals surface area contributed by atoms with Crippen molar-refractivity contribution in [3.8, 4) is 22.8 Å². The van der Waals surface area contributed by atoms with Gasteiger partial charge in [-0.15, -0.1) is 0 Å². The maximum atomic E-state index is 11.6. The summed E-state index contributed by atoms with van der Waals surface area (Å²) in [7, 11) is 1.75. The quantitative estimate of drug-likeness (QED) is 0.402. The highest BCUT2D eigenvalue weighted by molar-refractivity contribution is 5.79. The third-order valence-electron chi connectivity index (χ3n) is 5.16. The van der Waals surface area contributed by atoms with Crippen LogP contribution >= 0.6 is 0 Å². The molecule has 1 aromatic heterocycles. The van der Waals surface area contributed by atoms with Crippen LogP contribution < -0.4 is 15.4 Å². The standard InChI is InChI=1S/C25H27N5O2/c1-26-17-19-5-9-22(10-6-19)32-23-11-7-20(8-12-23)24-4-2-3-21(29-24)18-27-13-15-30-16-14-28-25(30)31/h2-12,17,27H,13-16,18H2,1H3,(H,28,31). The Kier molecular flexibility index (Phi) is 7.09. The molecule has 7 heteroatoms. The number of hydrogen-bond acceptors (Lipinski definition) is 5. The molecule has 0 atom stereocenters. The van der Waals surface area contributed by atoms with E-state index in [0.717, 1.165) is 53.6 Å². The SMILES string of the molecule is CN=Cc1ccc(Oc2ccc(-c3cccc(CNCCN4CCNC4=O)n3)cc2)cc1. The molecule has 0 radical (unpaired) electrons. The summed E-state index contributed by atoms with van der Waals surface area (Å²) < 4.78 is 5.93. The summed E-state index contributed by atoms with van der Waals surface area (Å²) in [5.74, 6) is 1.55. The number of carbonyl (C=O) groups excluding carboxylic acids is 1. The summed E-state index contributed by atoms with van der Waals surface area (Å²) >= 11 is 0. The van der Waals surface area contributed by atoms with Crippen molar-refractivity contribution in [2.75, 3.05) is 33.2 Å². The molecule has 164 valence electrons. The molecule has 7 nitrogen and oxygen atoms in total. The molecule has 1 aliphatic heterocycles. The summed E-state index contributed by atoms with van der Waals surface area (Å²) in [5, 5.41) is 6.17. The minimum atomic E-state index is 0.0160. The van der Waals surface area contributed by atoms with E-state index in [1.165, 1.54) is 0 Å². The third kappa shape index (κ3) is 5.70. The topological polar surface area (TPSA) is 78.9 Å². The molecule has 2 N–H and O–H groups in total. The highest BCUT2D eigenvalue weighted by Crippen LogP contribution is 2.25. The van der Waals surface area contributed by atoms with Crippen molar-refractivity contribution in [3.63, 3.8) is 0 Å². The van der Waals surface area contributed by atoms with Gasteiger partial charge in [0.2, 0.25) is 0 Å². The van der Waals surface area contributed by atoms with E-state index >= 15 is 0 Å². The molecule has 1 fully saturated rings. The average molecular weight is 430 g/mol. The third-order valence-corrected chi connectivity index (χ3v) is 5.16. The van der Waals surface area contributed by atoms with E-state index in [1.54, 1.807) is 13.3 Å². The molecule has 3 aromatic rings. The van der Waals surface area contributed by atoms with Gasteiger partial charge in [0.1, 0.15) is 11.5 Å². The zero-order valence-electron chi connectivity index (χ0n) is 18.1. The lowest BCUT2D eigenvalue weighted by Crippen LogP contribution is -2.34. The number of nitrogens with one attached hydrogen (secondary N) is 2. The van der Waals surface area contributed by atoms with Crippen LogP contribution in [0.15, 0.2) is 71.7 Å². The highest BCUT2D eigenvalue weighted by atomic mass is 16.5. The first-order chi connectivity index (χ1) is 15.7. The van der Waals surface area contributed by atoms with E-state index < -0.39 is 0 Å². The fraction of sp³-hybridized carbons (Fsp3) is 0.240. The van der Waals surface area contributed by atoms with Crippen LogP contribution in [0.1, 0.15) is 11.3 Å². The summed E-state index contributed by atoms with van der Waals surface area (Å²) in [5.41, 5.74) is 3.95. The first kappa shape index (κ1) is 21.5. The van der Waals surface area contributed by atoms with Crippen molar-refractivity contribution >= 4 is 12.2 Å². The summed E-state index contributed by atoms with van der Waals surface area (Å²) in [6.07, 6.45) is 1.81. The molecule has 32 heavy (non-hydrogen) atoms. The number of carbonyl (C=O) groups is 1. The van der Waals surface area contributed by atoms with Gasteiger partial charge in [-0.3, -0.25) is 9.98 Å². The lowest BCUT2D eigenvalue weighted by atomic mass is 10.1. The summed E-state index contributed by atoms with van der Waals surface area (Å²) in [4.78, 5) is 22.2. The molecule has 2 amide bonds. The minimum absolute atomic E-state index is 0.0160. The zero-order valence-corrected chi connectivity index (χ0v) is 18.1. The highest BCUT2D eigenvalue weighted by Gasteiger charge is 2.18. The van der Waals surface area contributed by atoms with Crippen molar-refractivity contribution in [2.24, 2.45) is 4.99 Å². The Morgan fingerprint density at radius 3 is 2.53 bits per heavy atom. The summed E-state index contributed by atoms with van der Waals surface area (Å²) in [6, 6.07) is 21.8. The van der Waals surface area contributed by atoms with Gasteiger partial charge < -0.3 is 20.3 Å². The molecule has 0 unspecified atom stereocenters. The number of benzene rings is 2. The number of aromatic nitrogens is 1. The Bertz CT molecular complexity index is 1060. The predicted octanol–water partition coefficient (Wildman–Crippen LogP) is 3.70. The van der Waals surface area contributed by atoms with Gasteiger partial charge in [-0.05, 0) is 66.2 Å². The van der Waals surface area contributed by atoms with Crippen LogP contribution in [-0.2, 0) is 6.54 Å². The number of urea groups is 1. The number of rotatable bonds is 9. The molecule has 1 aliphatic rings. The number of hydrogen-bond donors (Lipinski definition) is 2. The van der Waals surface area contributed by atoms with E-state index in [2.05, 4.69) is 15.6 Å². The van der Waals surface area contributed by atoms with Crippen molar-refractivity contribution in [1.82, 2.24) is 20.5 Å². The van der Waals surface area contributed by atoms with Gasteiger partial charge in [-0.1, -0.05) is 6.07 Å². The molecular weight excluding hydrogens is 402 g/mol. The lowest BCUT2D eigenvalue weighted by Gasteiger charge is -2.14. The van der Waals surface area contributed by atoms with E-state index in [-0.39, 0.29) is 6.03 Å². The average Bonchev–Trinajstić information content (AvgIpc) is 3.23. The van der Waals surface area contributed by atoms with Gasteiger partial charge >= 0.3 is 6.03 Å². The van der Waals surface area contributed by atoms with Gasteiger partial charge in [0, 0.05) is 51.5 Å². The van der Waals surface area contributed by atoms with Crippen LogP contribution in [0.3, 0.4) is 0 Å². The van der Waals surface area contributed by atoms with E-state index in [1.807, 2.05) is 71.6 Å². The monoisotopic (exact) mass is 429 g/mol. The van der Waals surface area contributed by atoms with Gasteiger partial charge in [0.25, 0.3) is 0 Å². The Balaban J connectivity index is 1.32.